The van der Waals surface area contributed by atoms with Crippen molar-refractivity contribution in [3.05, 3.63) is 0 Å². The highest BCUT2D eigenvalue weighted by Gasteiger charge is 2.22. The molecule has 0 rings (SSSR count). The summed E-state index contributed by atoms with van der Waals surface area (Å²) in [7, 11) is 0. The molecule has 90 valence electrons. The predicted octanol–water partition coefficient (Wildman–Crippen LogP) is 1.83. The van der Waals surface area contributed by atoms with Gasteiger partial charge in [0.05, 0.1) is 5.41 Å². The quantitative estimate of drug-likeness (QED) is 0.451. The third-order valence-corrected chi connectivity index (χ3v) is 1.71. The van der Waals surface area contributed by atoms with Crippen molar-refractivity contribution in [3.8, 4) is 11.8 Å². The van der Waals surface area contributed by atoms with Crippen LogP contribution in [0.1, 0.15) is 40.0 Å². The zero-order valence-corrected chi connectivity index (χ0v) is 10.0. The second kappa shape index (κ2) is 6.89. The van der Waals surface area contributed by atoms with Crippen molar-refractivity contribution in [2.75, 3.05) is 6.61 Å². The SMILES string of the molecule is CC(C)(C)C(=O)OCC#CCCCC(=O)O. The zero-order chi connectivity index (χ0) is 12.6. The van der Waals surface area contributed by atoms with E-state index in [-0.39, 0.29) is 19.0 Å². The fourth-order valence-corrected chi connectivity index (χ4v) is 0.786. The summed E-state index contributed by atoms with van der Waals surface area (Å²) in [4.78, 5) is 21.4. The largest absolute Gasteiger partial charge is 0.481 e. The molecule has 0 radical (unpaired) electrons. The van der Waals surface area contributed by atoms with E-state index < -0.39 is 11.4 Å². The van der Waals surface area contributed by atoms with Gasteiger partial charge in [0.25, 0.3) is 0 Å². The van der Waals surface area contributed by atoms with Crippen LogP contribution < -0.4 is 0 Å². The van der Waals surface area contributed by atoms with Gasteiger partial charge in [0.15, 0.2) is 6.61 Å². The molecule has 0 aromatic rings. The van der Waals surface area contributed by atoms with Gasteiger partial charge in [-0.1, -0.05) is 11.8 Å². The lowest BCUT2D eigenvalue weighted by Crippen LogP contribution is -2.22. The van der Waals surface area contributed by atoms with Gasteiger partial charge in [-0.05, 0) is 27.2 Å². The number of hydrogen-bond acceptors (Lipinski definition) is 3. The first-order valence-electron chi connectivity index (χ1n) is 5.19. The van der Waals surface area contributed by atoms with Crippen LogP contribution in [-0.4, -0.2) is 23.7 Å². The number of esters is 1. The summed E-state index contributed by atoms with van der Waals surface area (Å²) in [5, 5.41) is 8.36. The number of ether oxygens (including phenoxy) is 1. The molecule has 0 aliphatic carbocycles. The summed E-state index contributed by atoms with van der Waals surface area (Å²) in [6.45, 7) is 5.39. The second-order valence-electron chi connectivity index (χ2n) is 4.43. The van der Waals surface area contributed by atoms with Crippen LogP contribution in [0.2, 0.25) is 0 Å². The molecule has 0 aromatic carbocycles. The molecule has 0 unspecified atom stereocenters. The van der Waals surface area contributed by atoms with Crippen molar-refractivity contribution < 1.29 is 19.4 Å². The normalized spacial score (nSPS) is 10.2. The number of hydrogen-bond donors (Lipinski definition) is 1. The molecule has 0 heterocycles. The summed E-state index contributed by atoms with van der Waals surface area (Å²) in [5.74, 6) is 4.33. The topological polar surface area (TPSA) is 63.6 Å². The molecule has 0 aliphatic heterocycles. The van der Waals surface area contributed by atoms with Crippen LogP contribution in [0, 0.1) is 17.3 Å². The summed E-state index contributed by atoms with van der Waals surface area (Å²) >= 11 is 0. The molecule has 0 saturated heterocycles. The standard InChI is InChI=1S/C12H18O4/c1-12(2,3)11(15)16-9-7-5-4-6-8-10(13)14/h4,6,8-9H2,1-3H3,(H,13,14). The maximum atomic E-state index is 11.3. The minimum atomic E-state index is -0.819. The fourth-order valence-electron chi connectivity index (χ4n) is 0.786. The van der Waals surface area contributed by atoms with Crippen LogP contribution in [0.3, 0.4) is 0 Å². The summed E-state index contributed by atoms with van der Waals surface area (Å²) in [5.41, 5.74) is -0.509. The van der Waals surface area contributed by atoms with E-state index in [2.05, 4.69) is 11.8 Å². The zero-order valence-electron chi connectivity index (χ0n) is 10.0. The van der Waals surface area contributed by atoms with Gasteiger partial charge in [0.1, 0.15) is 0 Å². The molecule has 0 atom stereocenters. The molecule has 0 aromatic heterocycles. The van der Waals surface area contributed by atoms with Crippen molar-refractivity contribution in [2.24, 2.45) is 5.41 Å². The summed E-state index contributed by atoms with van der Waals surface area (Å²) in [6, 6.07) is 0. The van der Waals surface area contributed by atoms with E-state index in [1.54, 1.807) is 20.8 Å². The minimum absolute atomic E-state index is 0.0726. The van der Waals surface area contributed by atoms with E-state index in [0.29, 0.717) is 12.8 Å². The highest BCUT2D eigenvalue weighted by Crippen LogP contribution is 2.14. The number of carbonyl (C=O) groups is 2. The van der Waals surface area contributed by atoms with Crippen molar-refractivity contribution in [3.63, 3.8) is 0 Å². The van der Waals surface area contributed by atoms with Gasteiger partial charge < -0.3 is 9.84 Å². The van der Waals surface area contributed by atoms with Crippen LogP contribution in [0.4, 0.5) is 0 Å². The second-order valence-corrected chi connectivity index (χ2v) is 4.43. The molecule has 0 amide bonds. The van der Waals surface area contributed by atoms with Gasteiger partial charge in [-0.3, -0.25) is 9.59 Å². The Morgan fingerprint density at radius 3 is 2.38 bits per heavy atom. The molecule has 1 N–H and O–H groups in total. The minimum Gasteiger partial charge on any atom is -0.481 e. The molecular weight excluding hydrogens is 208 g/mol. The van der Waals surface area contributed by atoms with Gasteiger partial charge in [0, 0.05) is 12.8 Å². The molecule has 4 nitrogen and oxygen atoms in total. The Balaban J connectivity index is 3.63. The molecule has 0 saturated carbocycles. The van der Waals surface area contributed by atoms with Crippen LogP contribution in [0.15, 0.2) is 0 Å². The third kappa shape index (κ3) is 7.86. The van der Waals surface area contributed by atoms with E-state index in [0.717, 1.165) is 0 Å². The van der Waals surface area contributed by atoms with Crippen LogP contribution >= 0.6 is 0 Å². The molecule has 0 fully saturated rings. The number of aliphatic carboxylic acids is 1. The van der Waals surface area contributed by atoms with Gasteiger partial charge in [-0.15, -0.1) is 0 Å². The lowest BCUT2D eigenvalue weighted by molar-refractivity contribution is -0.151. The highest BCUT2D eigenvalue weighted by atomic mass is 16.5. The average molecular weight is 226 g/mol. The Kier molecular flexibility index (Phi) is 6.24. The molecule has 0 spiro atoms. The van der Waals surface area contributed by atoms with E-state index in [4.69, 9.17) is 9.84 Å². The lowest BCUT2D eigenvalue weighted by Gasteiger charge is -2.14. The van der Waals surface area contributed by atoms with Gasteiger partial charge in [0.2, 0.25) is 0 Å². The van der Waals surface area contributed by atoms with Crippen molar-refractivity contribution in [1.29, 1.82) is 0 Å². The maximum Gasteiger partial charge on any atom is 0.312 e. The molecular formula is C12H18O4. The average Bonchev–Trinajstić information content (AvgIpc) is 2.14. The summed E-state index contributed by atoms with van der Waals surface area (Å²) < 4.78 is 4.91. The maximum absolute atomic E-state index is 11.3. The Morgan fingerprint density at radius 1 is 1.25 bits per heavy atom. The number of carboxylic acid groups (broad SMARTS) is 1. The number of rotatable bonds is 4. The number of unbranched alkanes of at least 4 members (excludes halogenated alkanes) is 1. The lowest BCUT2D eigenvalue weighted by atomic mass is 9.97. The highest BCUT2D eigenvalue weighted by molar-refractivity contribution is 5.75. The van der Waals surface area contributed by atoms with Crippen molar-refractivity contribution in [2.45, 2.75) is 40.0 Å². The monoisotopic (exact) mass is 226 g/mol. The van der Waals surface area contributed by atoms with E-state index in [9.17, 15) is 9.59 Å². The molecule has 16 heavy (non-hydrogen) atoms. The van der Waals surface area contributed by atoms with Gasteiger partial charge >= 0.3 is 11.9 Å². The fraction of sp³-hybridized carbons (Fsp3) is 0.667. The number of carbonyl (C=O) groups excluding carboxylic acids is 1. The molecule has 4 heteroatoms. The third-order valence-electron chi connectivity index (χ3n) is 1.71. The Labute approximate surface area is 96.0 Å². The first kappa shape index (κ1) is 14.5. The van der Waals surface area contributed by atoms with Crippen molar-refractivity contribution >= 4 is 11.9 Å². The van der Waals surface area contributed by atoms with E-state index in [1.807, 2.05) is 0 Å². The van der Waals surface area contributed by atoms with Gasteiger partial charge in [-0.25, -0.2) is 0 Å². The summed E-state index contributed by atoms with van der Waals surface area (Å²) in [6.07, 6.45) is 1.16. The van der Waals surface area contributed by atoms with Crippen LogP contribution in [0.5, 0.6) is 0 Å². The van der Waals surface area contributed by atoms with Gasteiger partial charge in [-0.2, -0.15) is 0 Å². The van der Waals surface area contributed by atoms with Crippen LogP contribution in [0.25, 0.3) is 0 Å². The van der Waals surface area contributed by atoms with Crippen molar-refractivity contribution in [1.82, 2.24) is 0 Å². The Hall–Kier alpha value is -1.50. The molecule has 0 bridgehead atoms. The van der Waals surface area contributed by atoms with E-state index >= 15 is 0 Å². The first-order valence-corrected chi connectivity index (χ1v) is 5.19. The van der Waals surface area contributed by atoms with Crippen LogP contribution in [-0.2, 0) is 14.3 Å². The first-order chi connectivity index (χ1) is 7.34. The molecule has 0 aliphatic rings. The predicted molar refractivity (Wildman–Crippen MR) is 59.7 cm³/mol. The number of carboxylic acids is 1. The smallest absolute Gasteiger partial charge is 0.312 e. The Morgan fingerprint density at radius 2 is 1.88 bits per heavy atom. The van der Waals surface area contributed by atoms with E-state index in [1.165, 1.54) is 0 Å². The Bertz CT molecular complexity index is 301.